The standard InChI is InChI=1S/C24H22FN5O5/c25-15-5-3-13-4-8-20(32)30-11-16(21(15)22(13)30)26-9-1-2-14-10-29(24(33)35-14)18-7-6-17-23(27-18)28-19(31)12-34-17/h3-8,14,16,26H,1-2,9-12H2,(H,27,28,31)/t14-,16-/m1/s1. The largest absolute Gasteiger partial charge is 0.480 e. The number of cyclic esters (lactones) is 1. The Hall–Kier alpha value is -3.99. The Bertz CT molecular complexity index is 1420. The van der Waals surface area contributed by atoms with E-state index in [9.17, 15) is 18.8 Å². The zero-order valence-electron chi connectivity index (χ0n) is 18.6. The highest BCUT2D eigenvalue weighted by molar-refractivity contribution is 5.95. The highest BCUT2D eigenvalue weighted by Gasteiger charge is 2.34. The van der Waals surface area contributed by atoms with Gasteiger partial charge >= 0.3 is 6.09 Å². The molecular weight excluding hydrogens is 457 g/mol. The summed E-state index contributed by atoms with van der Waals surface area (Å²) in [5.74, 6) is 0.470. The molecule has 0 bridgehead atoms. The number of halogens is 1. The van der Waals surface area contributed by atoms with Gasteiger partial charge in [-0.2, -0.15) is 0 Å². The fraction of sp³-hybridized carbons (Fsp3) is 0.333. The van der Waals surface area contributed by atoms with E-state index in [1.165, 1.54) is 17.0 Å². The van der Waals surface area contributed by atoms with Crippen LogP contribution < -0.4 is 25.8 Å². The molecule has 35 heavy (non-hydrogen) atoms. The number of fused-ring (bicyclic) bond motifs is 1. The van der Waals surface area contributed by atoms with Gasteiger partial charge in [-0.05, 0) is 55.1 Å². The van der Waals surface area contributed by atoms with Crippen molar-refractivity contribution in [2.24, 2.45) is 0 Å². The third-order valence-corrected chi connectivity index (χ3v) is 6.55. The van der Waals surface area contributed by atoms with E-state index in [0.29, 0.717) is 55.1 Å². The zero-order chi connectivity index (χ0) is 24.1. The molecule has 180 valence electrons. The van der Waals surface area contributed by atoms with Gasteiger partial charge in [0.1, 0.15) is 17.7 Å². The number of hydrogen-bond donors (Lipinski definition) is 2. The van der Waals surface area contributed by atoms with Crippen molar-refractivity contribution in [2.75, 3.05) is 29.9 Å². The quantitative estimate of drug-likeness (QED) is 0.522. The first-order valence-corrected chi connectivity index (χ1v) is 11.4. The molecule has 3 aliphatic rings. The van der Waals surface area contributed by atoms with E-state index in [1.54, 1.807) is 28.8 Å². The molecule has 0 spiro atoms. The van der Waals surface area contributed by atoms with Crippen molar-refractivity contribution < 1.29 is 23.5 Å². The SMILES string of the molecule is O=C1COc2ccc(N3C[C@@H](CCCN[C@@H]4Cn5c(=O)ccc6ccc(F)c4c65)OC3=O)nc2N1. The van der Waals surface area contributed by atoms with Crippen LogP contribution in [0, 0.1) is 5.82 Å². The molecule has 0 saturated carbocycles. The monoisotopic (exact) mass is 479 g/mol. The van der Waals surface area contributed by atoms with Crippen molar-refractivity contribution in [3.05, 3.63) is 58.1 Å². The van der Waals surface area contributed by atoms with Crippen LogP contribution in [-0.4, -0.2) is 47.4 Å². The number of benzene rings is 1. The molecule has 3 aliphatic heterocycles. The minimum atomic E-state index is -0.502. The van der Waals surface area contributed by atoms with E-state index in [1.807, 2.05) is 0 Å². The molecule has 1 aromatic carbocycles. The minimum Gasteiger partial charge on any atom is -0.480 e. The molecule has 2 amide bonds. The van der Waals surface area contributed by atoms with Gasteiger partial charge in [-0.3, -0.25) is 14.5 Å². The first-order valence-electron chi connectivity index (χ1n) is 11.4. The predicted octanol–water partition coefficient (Wildman–Crippen LogP) is 2.32. The van der Waals surface area contributed by atoms with Crippen LogP contribution in [0.2, 0.25) is 0 Å². The van der Waals surface area contributed by atoms with Gasteiger partial charge in [0, 0.05) is 18.2 Å². The summed E-state index contributed by atoms with van der Waals surface area (Å²) in [5, 5.41) is 6.82. The number of pyridine rings is 2. The Labute approximate surface area is 198 Å². The van der Waals surface area contributed by atoms with E-state index in [0.717, 1.165) is 5.39 Å². The molecule has 2 aromatic heterocycles. The van der Waals surface area contributed by atoms with Crippen molar-refractivity contribution in [3.8, 4) is 5.75 Å². The fourth-order valence-electron chi connectivity index (χ4n) is 4.92. The Morgan fingerprint density at radius 1 is 1.11 bits per heavy atom. The second kappa shape index (κ2) is 8.35. The number of aromatic nitrogens is 2. The molecule has 2 atom stereocenters. The van der Waals surface area contributed by atoms with Crippen LogP contribution in [0.4, 0.5) is 20.8 Å². The lowest BCUT2D eigenvalue weighted by Gasteiger charge is -2.19. The van der Waals surface area contributed by atoms with Gasteiger partial charge in [-0.15, -0.1) is 0 Å². The summed E-state index contributed by atoms with van der Waals surface area (Å²) in [6.45, 7) is 1.21. The number of rotatable bonds is 6. The lowest BCUT2D eigenvalue weighted by molar-refractivity contribution is -0.118. The molecule has 6 rings (SSSR count). The maximum atomic E-state index is 14.6. The number of amides is 2. The molecule has 2 N–H and O–H groups in total. The lowest BCUT2D eigenvalue weighted by atomic mass is 10.1. The maximum absolute atomic E-state index is 14.6. The van der Waals surface area contributed by atoms with E-state index < -0.39 is 6.09 Å². The van der Waals surface area contributed by atoms with Gasteiger partial charge in [-0.1, -0.05) is 0 Å². The van der Waals surface area contributed by atoms with E-state index in [4.69, 9.17) is 9.47 Å². The third-order valence-electron chi connectivity index (χ3n) is 6.55. The summed E-state index contributed by atoms with van der Waals surface area (Å²) in [4.78, 5) is 42.0. The Morgan fingerprint density at radius 2 is 1.97 bits per heavy atom. The normalized spacial score (nSPS) is 20.5. The first-order chi connectivity index (χ1) is 17.0. The van der Waals surface area contributed by atoms with Gasteiger partial charge in [-0.25, -0.2) is 14.2 Å². The Kier molecular flexibility index (Phi) is 5.14. The van der Waals surface area contributed by atoms with Crippen molar-refractivity contribution in [2.45, 2.75) is 31.5 Å². The smallest absolute Gasteiger partial charge is 0.415 e. The second-order valence-electron chi connectivity index (χ2n) is 8.80. The van der Waals surface area contributed by atoms with Gasteiger partial charge in [0.25, 0.3) is 11.5 Å². The molecule has 1 saturated heterocycles. The molecule has 0 radical (unpaired) electrons. The van der Waals surface area contributed by atoms with Crippen molar-refractivity contribution >= 4 is 34.5 Å². The van der Waals surface area contributed by atoms with Gasteiger partial charge < -0.3 is 24.7 Å². The highest BCUT2D eigenvalue weighted by Crippen LogP contribution is 2.33. The molecule has 1 fully saturated rings. The van der Waals surface area contributed by atoms with Gasteiger partial charge in [0.15, 0.2) is 18.2 Å². The molecule has 0 aliphatic carbocycles. The number of nitrogens with one attached hydrogen (secondary N) is 2. The fourth-order valence-corrected chi connectivity index (χ4v) is 4.92. The zero-order valence-corrected chi connectivity index (χ0v) is 18.6. The number of anilines is 2. The van der Waals surface area contributed by atoms with Crippen LogP contribution in [0.5, 0.6) is 5.75 Å². The van der Waals surface area contributed by atoms with Gasteiger partial charge in [0.05, 0.1) is 18.1 Å². The van der Waals surface area contributed by atoms with Crippen LogP contribution in [-0.2, 0) is 16.1 Å². The molecule has 11 heteroatoms. The number of hydrogen-bond acceptors (Lipinski definition) is 7. The third kappa shape index (κ3) is 3.77. The highest BCUT2D eigenvalue weighted by atomic mass is 19.1. The van der Waals surface area contributed by atoms with Crippen LogP contribution >= 0.6 is 0 Å². The molecule has 10 nitrogen and oxygen atoms in total. The van der Waals surface area contributed by atoms with E-state index >= 15 is 0 Å². The number of carbonyl (C=O) groups excluding carboxylic acids is 2. The van der Waals surface area contributed by atoms with Crippen molar-refractivity contribution in [1.82, 2.24) is 14.9 Å². The van der Waals surface area contributed by atoms with Crippen LogP contribution in [0.3, 0.4) is 0 Å². The topological polar surface area (TPSA) is 115 Å². The number of ether oxygens (including phenoxy) is 2. The minimum absolute atomic E-state index is 0.0681. The van der Waals surface area contributed by atoms with E-state index in [-0.39, 0.29) is 41.9 Å². The van der Waals surface area contributed by atoms with E-state index in [2.05, 4.69) is 15.6 Å². The molecular formula is C24H22FN5O5. The molecule has 0 unspecified atom stereocenters. The second-order valence-corrected chi connectivity index (χ2v) is 8.80. The summed E-state index contributed by atoms with van der Waals surface area (Å²) < 4.78 is 27.0. The maximum Gasteiger partial charge on any atom is 0.415 e. The Balaban J connectivity index is 1.06. The van der Waals surface area contributed by atoms with Crippen molar-refractivity contribution in [1.29, 1.82) is 0 Å². The average Bonchev–Trinajstić information content (AvgIpc) is 3.42. The van der Waals surface area contributed by atoms with Crippen LogP contribution in [0.1, 0.15) is 24.4 Å². The summed E-state index contributed by atoms with van der Waals surface area (Å²) in [5.41, 5.74) is 1.02. The average molecular weight is 479 g/mol. The first kappa shape index (κ1) is 21.5. The Morgan fingerprint density at radius 3 is 2.86 bits per heavy atom. The van der Waals surface area contributed by atoms with Gasteiger partial charge in [0.2, 0.25) is 0 Å². The number of carbonyl (C=O) groups is 2. The van der Waals surface area contributed by atoms with Crippen molar-refractivity contribution in [3.63, 3.8) is 0 Å². The van der Waals surface area contributed by atoms with Crippen LogP contribution in [0.15, 0.2) is 41.2 Å². The summed E-state index contributed by atoms with van der Waals surface area (Å²) >= 11 is 0. The summed E-state index contributed by atoms with van der Waals surface area (Å²) in [6.07, 6.45) is 0.466. The molecule has 3 aromatic rings. The predicted molar refractivity (Wildman–Crippen MR) is 124 cm³/mol. The summed E-state index contributed by atoms with van der Waals surface area (Å²) in [6, 6.07) is 9.36. The van der Waals surface area contributed by atoms with Crippen LogP contribution in [0.25, 0.3) is 10.9 Å². The number of nitrogens with zero attached hydrogens (tertiary/aromatic N) is 3. The summed E-state index contributed by atoms with van der Waals surface area (Å²) in [7, 11) is 0. The molecule has 5 heterocycles. The lowest BCUT2D eigenvalue weighted by Crippen LogP contribution is -2.29.